The Bertz CT molecular complexity index is 1460. The van der Waals surface area contributed by atoms with E-state index in [1.165, 1.54) is 12.1 Å². The molecule has 4 aromatic rings. The van der Waals surface area contributed by atoms with Crippen LogP contribution in [-0.2, 0) is 12.6 Å². The molecule has 0 radical (unpaired) electrons. The molecule has 1 fully saturated rings. The number of para-hydroxylation sites is 1. The lowest BCUT2D eigenvalue weighted by Gasteiger charge is -2.36. The van der Waals surface area contributed by atoms with E-state index in [-0.39, 0.29) is 5.56 Å². The molecular formula is C28H29F3N6O. The van der Waals surface area contributed by atoms with E-state index in [4.69, 9.17) is 15.1 Å². The number of benzene rings is 2. The van der Waals surface area contributed by atoms with Crippen LogP contribution in [0.5, 0.6) is 0 Å². The van der Waals surface area contributed by atoms with Gasteiger partial charge in [-0.1, -0.05) is 38.1 Å². The number of aryl methyl sites for hydroxylation is 1. The van der Waals surface area contributed by atoms with Gasteiger partial charge in [-0.25, -0.2) is 14.6 Å². The maximum Gasteiger partial charge on any atom is 0.416 e. The van der Waals surface area contributed by atoms with Gasteiger partial charge in [0.15, 0.2) is 5.65 Å². The van der Waals surface area contributed by atoms with E-state index >= 15 is 0 Å². The molecule has 5 rings (SSSR count). The first-order valence-corrected chi connectivity index (χ1v) is 12.6. The third-order valence-electron chi connectivity index (χ3n) is 6.62. The van der Waals surface area contributed by atoms with Crippen LogP contribution in [0.3, 0.4) is 0 Å². The minimum absolute atomic E-state index is 0.0388. The Balaban J connectivity index is 1.44. The van der Waals surface area contributed by atoms with Crippen molar-refractivity contribution in [3.05, 3.63) is 77.2 Å². The van der Waals surface area contributed by atoms with Crippen LogP contribution in [0.1, 0.15) is 41.3 Å². The molecule has 1 saturated heterocycles. The normalized spacial score (nSPS) is 14.5. The number of halogens is 3. The molecule has 1 aliphatic heterocycles. The lowest BCUT2D eigenvalue weighted by Crippen LogP contribution is -2.49. The topological polar surface area (TPSA) is 67.2 Å². The fourth-order valence-corrected chi connectivity index (χ4v) is 4.77. The number of piperazine rings is 1. The van der Waals surface area contributed by atoms with E-state index in [2.05, 4.69) is 18.7 Å². The van der Waals surface area contributed by atoms with Gasteiger partial charge in [-0.05, 0) is 43.2 Å². The first-order chi connectivity index (χ1) is 18.1. The number of fused-ring (bicyclic) bond motifs is 1. The Morgan fingerprint density at radius 3 is 2.34 bits per heavy atom. The monoisotopic (exact) mass is 522 g/mol. The zero-order valence-electron chi connectivity index (χ0n) is 21.5. The van der Waals surface area contributed by atoms with Crippen molar-refractivity contribution in [3.63, 3.8) is 0 Å². The number of hydrogen-bond donors (Lipinski definition) is 0. The van der Waals surface area contributed by atoms with Crippen molar-refractivity contribution < 1.29 is 18.0 Å². The summed E-state index contributed by atoms with van der Waals surface area (Å²) in [6.45, 7) is 7.89. The summed E-state index contributed by atoms with van der Waals surface area (Å²) in [4.78, 5) is 26.6. The van der Waals surface area contributed by atoms with Crippen molar-refractivity contribution in [1.82, 2.24) is 24.6 Å². The Morgan fingerprint density at radius 2 is 1.68 bits per heavy atom. The van der Waals surface area contributed by atoms with E-state index < -0.39 is 17.6 Å². The number of nitrogens with zero attached hydrogens (tertiary/aromatic N) is 6. The Labute approximate surface area is 218 Å². The summed E-state index contributed by atoms with van der Waals surface area (Å²) in [5, 5.41) is 5.64. The van der Waals surface area contributed by atoms with Crippen LogP contribution in [0.25, 0.3) is 16.7 Å². The SMILES string of the molecule is Cc1nn(-c2ccccc2)c2nc(CC(C)C)nc(N3CCN(C(=O)c4cccc(C(F)(F)F)c4)CC3)c12. The van der Waals surface area contributed by atoms with Crippen LogP contribution >= 0.6 is 0 Å². The number of rotatable bonds is 5. The molecule has 0 N–H and O–H groups in total. The van der Waals surface area contributed by atoms with E-state index in [9.17, 15) is 18.0 Å². The van der Waals surface area contributed by atoms with Crippen LogP contribution in [0, 0.1) is 12.8 Å². The second kappa shape index (κ2) is 10.1. The second-order valence-corrected chi connectivity index (χ2v) is 9.95. The fraction of sp³-hybridized carbons (Fsp3) is 0.357. The third kappa shape index (κ3) is 5.07. The maximum absolute atomic E-state index is 13.1. The Hall–Kier alpha value is -3.95. The molecule has 7 nitrogen and oxygen atoms in total. The number of amides is 1. The van der Waals surface area contributed by atoms with Crippen LogP contribution < -0.4 is 4.90 Å². The van der Waals surface area contributed by atoms with E-state index in [1.54, 1.807) is 4.90 Å². The quantitative estimate of drug-likeness (QED) is 0.356. The zero-order valence-corrected chi connectivity index (χ0v) is 21.5. The van der Waals surface area contributed by atoms with Crippen LogP contribution in [-0.4, -0.2) is 56.7 Å². The molecule has 38 heavy (non-hydrogen) atoms. The summed E-state index contributed by atoms with van der Waals surface area (Å²) in [5.74, 6) is 1.45. The lowest BCUT2D eigenvalue weighted by atomic mass is 10.1. The van der Waals surface area contributed by atoms with Gasteiger partial charge in [0, 0.05) is 38.2 Å². The zero-order chi connectivity index (χ0) is 27.0. The average molecular weight is 523 g/mol. The number of carbonyl (C=O) groups excluding carboxylic acids is 1. The molecule has 0 atom stereocenters. The number of carbonyl (C=O) groups is 1. The summed E-state index contributed by atoms with van der Waals surface area (Å²) in [5.41, 5.74) is 1.65. The second-order valence-electron chi connectivity index (χ2n) is 9.95. The van der Waals surface area contributed by atoms with E-state index in [0.29, 0.717) is 38.5 Å². The van der Waals surface area contributed by atoms with Gasteiger partial charge in [-0.15, -0.1) is 0 Å². The molecule has 0 unspecified atom stereocenters. The standard InChI is InChI=1S/C28H29F3N6O/c1-18(2)16-23-32-25(24-19(3)34-37(26(24)33-23)22-10-5-4-6-11-22)35-12-14-36(15-13-35)27(38)20-8-7-9-21(17-20)28(29,30)31/h4-11,17-18H,12-16H2,1-3H3. The molecule has 198 valence electrons. The molecule has 0 aliphatic carbocycles. The molecular weight excluding hydrogens is 493 g/mol. The highest BCUT2D eigenvalue weighted by atomic mass is 19.4. The fourth-order valence-electron chi connectivity index (χ4n) is 4.77. The van der Waals surface area contributed by atoms with Gasteiger partial charge in [-0.2, -0.15) is 18.3 Å². The first-order valence-electron chi connectivity index (χ1n) is 12.6. The summed E-state index contributed by atoms with van der Waals surface area (Å²) >= 11 is 0. The Morgan fingerprint density at radius 1 is 0.974 bits per heavy atom. The summed E-state index contributed by atoms with van der Waals surface area (Å²) < 4.78 is 41.3. The highest BCUT2D eigenvalue weighted by Crippen LogP contribution is 2.32. The molecule has 0 saturated carbocycles. The lowest BCUT2D eigenvalue weighted by molar-refractivity contribution is -0.137. The molecule has 3 heterocycles. The van der Waals surface area contributed by atoms with Crippen molar-refractivity contribution in [2.45, 2.75) is 33.4 Å². The smallest absolute Gasteiger partial charge is 0.352 e. The number of aromatic nitrogens is 4. The van der Waals surface area contributed by atoms with E-state index in [1.807, 2.05) is 41.9 Å². The predicted molar refractivity (Wildman–Crippen MR) is 139 cm³/mol. The highest BCUT2D eigenvalue weighted by molar-refractivity contribution is 5.95. The van der Waals surface area contributed by atoms with Gasteiger partial charge in [-0.3, -0.25) is 4.79 Å². The van der Waals surface area contributed by atoms with Crippen molar-refractivity contribution in [2.24, 2.45) is 5.92 Å². The molecule has 1 amide bonds. The summed E-state index contributed by atoms with van der Waals surface area (Å²) in [6.07, 6.45) is -3.79. The maximum atomic E-state index is 13.1. The molecule has 10 heteroatoms. The molecule has 1 aliphatic rings. The van der Waals surface area contributed by atoms with Gasteiger partial charge in [0.1, 0.15) is 11.6 Å². The van der Waals surface area contributed by atoms with E-state index in [0.717, 1.165) is 46.2 Å². The molecule has 0 bridgehead atoms. The molecule has 0 spiro atoms. The number of alkyl halides is 3. The number of hydrogen-bond acceptors (Lipinski definition) is 5. The highest BCUT2D eigenvalue weighted by Gasteiger charge is 2.32. The average Bonchev–Trinajstić information content (AvgIpc) is 3.24. The molecule has 2 aromatic carbocycles. The van der Waals surface area contributed by atoms with Crippen molar-refractivity contribution in [3.8, 4) is 5.69 Å². The Kier molecular flexibility index (Phi) is 6.81. The van der Waals surface area contributed by atoms with Crippen molar-refractivity contribution in [1.29, 1.82) is 0 Å². The summed E-state index contributed by atoms with van der Waals surface area (Å²) in [7, 11) is 0. The van der Waals surface area contributed by atoms with Crippen LogP contribution in [0.4, 0.5) is 19.0 Å². The van der Waals surface area contributed by atoms with Gasteiger partial charge < -0.3 is 9.80 Å². The van der Waals surface area contributed by atoms with Gasteiger partial charge >= 0.3 is 6.18 Å². The van der Waals surface area contributed by atoms with Crippen molar-refractivity contribution in [2.75, 3.05) is 31.1 Å². The minimum atomic E-state index is -4.50. The van der Waals surface area contributed by atoms with Crippen molar-refractivity contribution >= 4 is 22.8 Å². The van der Waals surface area contributed by atoms with Gasteiger partial charge in [0.2, 0.25) is 0 Å². The molecule has 2 aromatic heterocycles. The van der Waals surface area contributed by atoms with Gasteiger partial charge in [0.25, 0.3) is 5.91 Å². The number of anilines is 1. The first kappa shape index (κ1) is 25.7. The summed E-state index contributed by atoms with van der Waals surface area (Å²) in [6, 6.07) is 14.4. The third-order valence-corrected chi connectivity index (χ3v) is 6.62. The minimum Gasteiger partial charge on any atom is -0.352 e. The largest absolute Gasteiger partial charge is 0.416 e. The predicted octanol–water partition coefficient (Wildman–Crippen LogP) is 5.30. The van der Waals surface area contributed by atoms with Crippen LogP contribution in [0.2, 0.25) is 0 Å². The van der Waals surface area contributed by atoms with Crippen LogP contribution in [0.15, 0.2) is 54.6 Å². The van der Waals surface area contributed by atoms with Gasteiger partial charge in [0.05, 0.1) is 22.3 Å².